The van der Waals surface area contributed by atoms with E-state index < -0.39 is 0 Å². The second-order valence-corrected chi connectivity index (χ2v) is 3.89. The van der Waals surface area contributed by atoms with E-state index in [-0.39, 0.29) is 24.0 Å². The first kappa shape index (κ1) is 19.2. The molecule has 18 heavy (non-hydrogen) atoms. The van der Waals surface area contributed by atoms with E-state index in [1.54, 1.807) is 14.0 Å². The molecule has 0 N–H and O–H groups in total. The molecule has 108 valence electrons. The lowest BCUT2D eigenvalue weighted by atomic mass is 10.0. The summed E-state index contributed by atoms with van der Waals surface area (Å²) in [5.74, 6) is -0.172. The van der Waals surface area contributed by atoms with Gasteiger partial charge in [-0.15, -0.1) is 0 Å². The zero-order chi connectivity index (χ0) is 14.6. The fraction of sp³-hybridized carbons (Fsp3) is 0.846. The fourth-order valence-corrected chi connectivity index (χ4v) is 1.36. The van der Waals surface area contributed by atoms with Crippen LogP contribution in [0.1, 0.15) is 41.0 Å². The van der Waals surface area contributed by atoms with Crippen LogP contribution in [0.5, 0.6) is 0 Å². The molecule has 0 bridgehead atoms. The van der Waals surface area contributed by atoms with Crippen LogP contribution in [0.3, 0.4) is 0 Å². The standard InChI is InChI=1S/C9H18O3.C4H8O2/c1-5-9(11-4)7(2)6-12-8(3)10;1-3-6-4(2)5/h7,9H,5-6H2,1-4H3;3H2,1-2H3. The summed E-state index contributed by atoms with van der Waals surface area (Å²) in [4.78, 5) is 20.3. The summed E-state index contributed by atoms with van der Waals surface area (Å²) >= 11 is 0. The molecule has 0 aliphatic carbocycles. The van der Waals surface area contributed by atoms with Crippen molar-refractivity contribution < 1.29 is 23.8 Å². The molecule has 0 heterocycles. The summed E-state index contributed by atoms with van der Waals surface area (Å²) in [7, 11) is 1.68. The molecule has 5 heteroatoms. The summed E-state index contributed by atoms with van der Waals surface area (Å²) in [5.41, 5.74) is 0. The average Bonchev–Trinajstić information content (AvgIpc) is 2.28. The van der Waals surface area contributed by atoms with Crippen LogP contribution in [0.25, 0.3) is 0 Å². The summed E-state index contributed by atoms with van der Waals surface area (Å²) in [5, 5.41) is 0. The third-order valence-corrected chi connectivity index (χ3v) is 2.24. The summed E-state index contributed by atoms with van der Waals surface area (Å²) in [6, 6.07) is 0. The van der Waals surface area contributed by atoms with Crippen molar-refractivity contribution in [2.24, 2.45) is 5.92 Å². The Kier molecular flexibility index (Phi) is 13.2. The Hall–Kier alpha value is -1.10. The number of hydrogen-bond acceptors (Lipinski definition) is 5. The van der Waals surface area contributed by atoms with Crippen molar-refractivity contribution in [1.82, 2.24) is 0 Å². The molecule has 2 atom stereocenters. The van der Waals surface area contributed by atoms with Crippen molar-refractivity contribution in [3.05, 3.63) is 0 Å². The lowest BCUT2D eigenvalue weighted by molar-refractivity contribution is -0.143. The number of hydrogen-bond donors (Lipinski definition) is 0. The highest BCUT2D eigenvalue weighted by molar-refractivity contribution is 5.66. The normalized spacial score (nSPS) is 12.8. The van der Waals surface area contributed by atoms with Crippen LogP contribution in [-0.4, -0.2) is 38.4 Å². The van der Waals surface area contributed by atoms with E-state index in [0.717, 1.165) is 6.42 Å². The zero-order valence-corrected chi connectivity index (χ0v) is 12.3. The predicted molar refractivity (Wildman–Crippen MR) is 69.2 cm³/mol. The molecule has 0 rings (SSSR count). The van der Waals surface area contributed by atoms with Gasteiger partial charge in [-0.2, -0.15) is 0 Å². The van der Waals surface area contributed by atoms with Gasteiger partial charge in [-0.25, -0.2) is 0 Å². The average molecular weight is 262 g/mol. The van der Waals surface area contributed by atoms with E-state index in [1.165, 1.54) is 13.8 Å². The second-order valence-electron chi connectivity index (χ2n) is 3.89. The molecule has 0 aromatic rings. The van der Waals surface area contributed by atoms with Crippen LogP contribution in [0.4, 0.5) is 0 Å². The van der Waals surface area contributed by atoms with Crippen LogP contribution in [0, 0.1) is 5.92 Å². The quantitative estimate of drug-likeness (QED) is 0.687. The van der Waals surface area contributed by atoms with Crippen molar-refractivity contribution in [3.8, 4) is 0 Å². The molecule has 0 saturated carbocycles. The molecule has 0 saturated heterocycles. The Morgan fingerprint density at radius 1 is 1.06 bits per heavy atom. The lowest BCUT2D eigenvalue weighted by Crippen LogP contribution is -2.24. The van der Waals surface area contributed by atoms with Gasteiger partial charge >= 0.3 is 11.9 Å². The Labute approximate surface area is 110 Å². The monoisotopic (exact) mass is 262 g/mol. The molecule has 0 aliphatic rings. The molecule has 0 aromatic heterocycles. The first-order valence-electron chi connectivity index (χ1n) is 6.18. The Balaban J connectivity index is 0. The molecular weight excluding hydrogens is 236 g/mol. The highest BCUT2D eigenvalue weighted by Gasteiger charge is 2.15. The SMILES string of the molecule is CCC(OC)C(C)COC(C)=O.CCOC(C)=O. The van der Waals surface area contributed by atoms with E-state index in [9.17, 15) is 9.59 Å². The van der Waals surface area contributed by atoms with Gasteiger partial charge in [0.15, 0.2) is 0 Å². The van der Waals surface area contributed by atoms with E-state index in [2.05, 4.69) is 11.7 Å². The predicted octanol–water partition coefficient (Wildman–Crippen LogP) is 2.18. The number of carbonyl (C=O) groups is 2. The maximum atomic E-state index is 10.5. The first-order valence-corrected chi connectivity index (χ1v) is 6.18. The molecule has 0 fully saturated rings. The largest absolute Gasteiger partial charge is 0.466 e. The van der Waals surface area contributed by atoms with Gasteiger partial charge in [-0.3, -0.25) is 9.59 Å². The van der Waals surface area contributed by atoms with Gasteiger partial charge in [0.05, 0.1) is 19.3 Å². The minimum atomic E-state index is -0.229. The van der Waals surface area contributed by atoms with Crippen LogP contribution in [0.15, 0.2) is 0 Å². The number of esters is 2. The second kappa shape index (κ2) is 12.4. The van der Waals surface area contributed by atoms with Crippen LogP contribution in [0.2, 0.25) is 0 Å². The maximum Gasteiger partial charge on any atom is 0.302 e. The maximum absolute atomic E-state index is 10.5. The Bertz CT molecular complexity index is 223. The van der Waals surface area contributed by atoms with Gasteiger partial charge < -0.3 is 14.2 Å². The number of ether oxygens (including phenoxy) is 3. The topological polar surface area (TPSA) is 61.8 Å². The zero-order valence-electron chi connectivity index (χ0n) is 12.3. The smallest absolute Gasteiger partial charge is 0.302 e. The third-order valence-electron chi connectivity index (χ3n) is 2.24. The number of rotatable bonds is 6. The molecule has 0 amide bonds. The van der Waals surface area contributed by atoms with Gasteiger partial charge in [0, 0.05) is 26.9 Å². The lowest BCUT2D eigenvalue weighted by Gasteiger charge is -2.20. The minimum Gasteiger partial charge on any atom is -0.466 e. The number of carbonyl (C=O) groups excluding carboxylic acids is 2. The molecule has 2 unspecified atom stereocenters. The molecule has 0 aromatic carbocycles. The van der Waals surface area contributed by atoms with E-state index >= 15 is 0 Å². The highest BCUT2D eigenvalue weighted by atomic mass is 16.5. The molecule has 5 nitrogen and oxygen atoms in total. The summed E-state index contributed by atoms with van der Waals surface area (Å²) in [6.07, 6.45) is 1.13. The van der Waals surface area contributed by atoms with Crippen molar-refractivity contribution in [2.75, 3.05) is 20.3 Å². The van der Waals surface area contributed by atoms with Crippen molar-refractivity contribution >= 4 is 11.9 Å². The van der Waals surface area contributed by atoms with E-state index in [4.69, 9.17) is 9.47 Å². The summed E-state index contributed by atoms with van der Waals surface area (Å²) in [6.45, 7) is 9.58. The van der Waals surface area contributed by atoms with E-state index in [0.29, 0.717) is 13.2 Å². The third kappa shape index (κ3) is 13.0. The fourth-order valence-electron chi connectivity index (χ4n) is 1.36. The van der Waals surface area contributed by atoms with Crippen LogP contribution in [-0.2, 0) is 23.8 Å². The van der Waals surface area contributed by atoms with Gasteiger partial charge in [-0.05, 0) is 13.3 Å². The summed E-state index contributed by atoms with van der Waals surface area (Å²) < 4.78 is 14.5. The Morgan fingerprint density at radius 2 is 1.56 bits per heavy atom. The van der Waals surface area contributed by atoms with Gasteiger partial charge in [-0.1, -0.05) is 13.8 Å². The molecular formula is C13H26O5. The van der Waals surface area contributed by atoms with Crippen molar-refractivity contribution in [1.29, 1.82) is 0 Å². The highest BCUT2D eigenvalue weighted by Crippen LogP contribution is 2.10. The molecule has 0 aliphatic heterocycles. The number of methoxy groups -OCH3 is 1. The van der Waals surface area contributed by atoms with Gasteiger partial charge in [0.2, 0.25) is 0 Å². The molecule has 0 radical (unpaired) electrons. The Morgan fingerprint density at radius 3 is 1.78 bits per heavy atom. The van der Waals surface area contributed by atoms with Crippen LogP contribution < -0.4 is 0 Å². The van der Waals surface area contributed by atoms with Gasteiger partial charge in [0.1, 0.15) is 0 Å². The first-order chi connectivity index (χ1) is 8.38. The van der Waals surface area contributed by atoms with Gasteiger partial charge in [0.25, 0.3) is 0 Å². The van der Waals surface area contributed by atoms with Crippen molar-refractivity contribution in [2.45, 2.75) is 47.1 Å². The van der Waals surface area contributed by atoms with Crippen LogP contribution >= 0.6 is 0 Å². The van der Waals surface area contributed by atoms with Crippen molar-refractivity contribution in [3.63, 3.8) is 0 Å². The van der Waals surface area contributed by atoms with E-state index in [1.807, 2.05) is 6.92 Å². The minimum absolute atomic E-state index is 0.185. The molecule has 0 spiro atoms.